The molecule has 0 radical (unpaired) electrons. The molecule has 4 aliphatic rings. The Bertz CT molecular complexity index is 881. The first-order valence-corrected chi connectivity index (χ1v) is 11.5. The highest BCUT2D eigenvalue weighted by molar-refractivity contribution is 5.46. The highest BCUT2D eigenvalue weighted by Crippen LogP contribution is 2.40. The van der Waals surface area contributed by atoms with Crippen LogP contribution in [0.3, 0.4) is 0 Å². The normalized spacial score (nSPS) is 24.3. The molecule has 0 spiro atoms. The second kappa shape index (κ2) is 8.41. The monoisotopic (exact) mass is 404 g/mol. The smallest absolute Gasteiger partial charge is 0.107 e. The van der Waals surface area contributed by atoms with Crippen LogP contribution in [-0.2, 0) is 0 Å². The zero-order chi connectivity index (χ0) is 20.3. The van der Waals surface area contributed by atoms with Gasteiger partial charge in [-0.1, -0.05) is 12.0 Å². The summed E-state index contributed by atoms with van der Waals surface area (Å²) >= 11 is 0. The highest BCUT2D eigenvalue weighted by Gasteiger charge is 2.43. The zero-order valence-electron chi connectivity index (χ0n) is 17.7. The fourth-order valence-corrected chi connectivity index (χ4v) is 5.85. The van der Waals surface area contributed by atoms with E-state index in [2.05, 4.69) is 54.2 Å². The van der Waals surface area contributed by atoms with Crippen LogP contribution in [0, 0.1) is 11.8 Å². The molecule has 0 atom stereocenters. The Labute approximate surface area is 179 Å². The summed E-state index contributed by atoms with van der Waals surface area (Å²) in [5, 5.41) is 13.7. The van der Waals surface area contributed by atoms with E-state index in [0.717, 1.165) is 11.4 Å². The Balaban J connectivity index is 0.000000128. The van der Waals surface area contributed by atoms with Crippen molar-refractivity contribution in [3.8, 4) is 11.8 Å². The van der Waals surface area contributed by atoms with Crippen molar-refractivity contribution >= 4 is 6.08 Å². The molecule has 158 valence electrons. The summed E-state index contributed by atoms with van der Waals surface area (Å²) < 4.78 is 0. The topological polar surface area (TPSA) is 63.8 Å². The van der Waals surface area contributed by atoms with E-state index in [1.807, 2.05) is 12.1 Å². The lowest BCUT2D eigenvalue weighted by Crippen LogP contribution is -2.36. The predicted molar refractivity (Wildman–Crippen MR) is 119 cm³/mol. The first-order valence-electron chi connectivity index (χ1n) is 11.5. The van der Waals surface area contributed by atoms with Crippen LogP contribution < -0.4 is 0 Å². The molecule has 0 unspecified atom stereocenters. The molecule has 2 aromatic rings. The summed E-state index contributed by atoms with van der Waals surface area (Å²) in [6.45, 7) is 5.04. The number of nitrogens with zero attached hydrogens (tertiary/aromatic N) is 4. The van der Waals surface area contributed by atoms with Gasteiger partial charge in [0.2, 0.25) is 0 Å². The number of aromatic nitrogens is 4. The number of fused-ring (bicyclic) bond motifs is 2. The van der Waals surface area contributed by atoms with E-state index >= 15 is 0 Å². The molecule has 6 nitrogen and oxygen atoms in total. The van der Waals surface area contributed by atoms with Gasteiger partial charge in [-0.25, -0.2) is 0 Å². The van der Waals surface area contributed by atoms with Crippen LogP contribution in [0.1, 0.15) is 62.8 Å². The largest absolute Gasteiger partial charge is 0.294 e. The van der Waals surface area contributed by atoms with E-state index in [4.69, 9.17) is 0 Å². The van der Waals surface area contributed by atoms with Gasteiger partial charge in [-0.15, -0.1) is 0 Å². The van der Waals surface area contributed by atoms with Crippen molar-refractivity contribution in [2.24, 2.45) is 0 Å². The summed E-state index contributed by atoms with van der Waals surface area (Å²) in [5.41, 5.74) is 2.63. The second-order valence-electron chi connectivity index (χ2n) is 9.09. The van der Waals surface area contributed by atoms with Crippen LogP contribution in [0.2, 0.25) is 0 Å². The molecule has 2 aromatic heterocycles. The van der Waals surface area contributed by atoms with Gasteiger partial charge in [0.15, 0.2) is 0 Å². The molecule has 0 bridgehead atoms. The third kappa shape index (κ3) is 3.84. The summed E-state index contributed by atoms with van der Waals surface area (Å²) in [6.07, 6.45) is 18.6. The SMILES string of the molecule is C(#CC12CCCN1CCC2)c1ccn[nH]1.C(=C/C12CCCN1CCC2)/c1ccn[nH]1. The van der Waals surface area contributed by atoms with Crippen molar-refractivity contribution in [3.63, 3.8) is 0 Å². The lowest BCUT2D eigenvalue weighted by molar-refractivity contribution is 0.251. The minimum Gasteiger partial charge on any atom is -0.294 e. The van der Waals surface area contributed by atoms with Crippen molar-refractivity contribution in [2.45, 2.75) is 62.4 Å². The molecule has 2 N–H and O–H groups in total. The summed E-state index contributed by atoms with van der Waals surface area (Å²) in [6, 6.07) is 3.94. The molecule has 30 heavy (non-hydrogen) atoms. The lowest BCUT2D eigenvalue weighted by Gasteiger charge is -2.28. The molecule has 0 aromatic carbocycles. The van der Waals surface area contributed by atoms with Crippen molar-refractivity contribution in [1.29, 1.82) is 0 Å². The third-order valence-electron chi connectivity index (χ3n) is 7.37. The molecule has 4 fully saturated rings. The number of aromatic amines is 2. The van der Waals surface area contributed by atoms with Gasteiger partial charge in [0.25, 0.3) is 0 Å². The highest BCUT2D eigenvalue weighted by atomic mass is 15.2. The molecule has 0 amide bonds. The minimum absolute atomic E-state index is 0.200. The number of rotatable bonds is 2. The van der Waals surface area contributed by atoms with Crippen molar-refractivity contribution in [2.75, 3.05) is 26.2 Å². The first kappa shape index (κ1) is 19.6. The average molecular weight is 405 g/mol. The Morgan fingerprint density at radius 1 is 0.833 bits per heavy atom. The van der Waals surface area contributed by atoms with Crippen molar-refractivity contribution < 1.29 is 0 Å². The number of nitrogens with one attached hydrogen (secondary N) is 2. The van der Waals surface area contributed by atoms with E-state index < -0.39 is 0 Å². The molecule has 4 saturated heterocycles. The summed E-state index contributed by atoms with van der Waals surface area (Å²) in [4.78, 5) is 5.19. The molecule has 4 aliphatic heterocycles. The van der Waals surface area contributed by atoms with Gasteiger partial charge < -0.3 is 0 Å². The van der Waals surface area contributed by atoms with E-state index in [1.54, 1.807) is 12.4 Å². The van der Waals surface area contributed by atoms with Gasteiger partial charge in [-0.05, 0) is 102 Å². The van der Waals surface area contributed by atoms with Crippen LogP contribution in [0.15, 0.2) is 30.6 Å². The maximum absolute atomic E-state index is 3.96. The van der Waals surface area contributed by atoms with E-state index in [9.17, 15) is 0 Å². The molecule has 0 saturated carbocycles. The quantitative estimate of drug-likeness (QED) is 0.753. The lowest BCUT2D eigenvalue weighted by atomic mass is 9.93. The molecular formula is C24H32N6. The standard InChI is InChI=1S/C12H17N3.C12H15N3/c2*1-5-12(6-2-10-15(12)9-1)7-3-11-4-8-13-14-11/h3-4,7-8H,1-2,5-6,9-10H2,(H,13,14);4,8H,1-2,5-6,9-10H2,(H,13,14)/b7-3-;. The summed E-state index contributed by atoms with van der Waals surface area (Å²) in [7, 11) is 0. The van der Waals surface area contributed by atoms with E-state index in [0.29, 0.717) is 5.54 Å². The molecule has 0 aliphatic carbocycles. The molecule has 6 rings (SSSR count). The predicted octanol–water partition coefficient (Wildman–Crippen LogP) is 3.44. The first-order chi connectivity index (χ1) is 14.8. The number of hydrogen-bond acceptors (Lipinski definition) is 4. The Kier molecular flexibility index (Phi) is 5.49. The van der Waals surface area contributed by atoms with Gasteiger partial charge in [-0.3, -0.25) is 20.0 Å². The molecule has 6 heterocycles. The molecular weight excluding hydrogens is 372 g/mol. The average Bonchev–Trinajstić information content (AvgIpc) is 3.56. The van der Waals surface area contributed by atoms with Gasteiger partial charge in [-0.2, -0.15) is 10.2 Å². The number of H-pyrrole nitrogens is 2. The van der Waals surface area contributed by atoms with Crippen LogP contribution >= 0.6 is 0 Å². The summed E-state index contributed by atoms with van der Waals surface area (Å²) in [5.74, 6) is 6.68. The van der Waals surface area contributed by atoms with Crippen LogP contribution in [0.4, 0.5) is 0 Å². The van der Waals surface area contributed by atoms with Crippen LogP contribution in [0.5, 0.6) is 0 Å². The van der Waals surface area contributed by atoms with Gasteiger partial charge >= 0.3 is 0 Å². The molecule has 6 heteroatoms. The van der Waals surface area contributed by atoms with Crippen molar-refractivity contribution in [3.05, 3.63) is 42.0 Å². The second-order valence-corrected chi connectivity index (χ2v) is 9.09. The zero-order valence-corrected chi connectivity index (χ0v) is 17.7. The van der Waals surface area contributed by atoms with Crippen molar-refractivity contribution in [1.82, 2.24) is 30.2 Å². The van der Waals surface area contributed by atoms with E-state index in [1.165, 1.54) is 77.5 Å². The fourth-order valence-electron chi connectivity index (χ4n) is 5.85. The van der Waals surface area contributed by atoms with Crippen LogP contribution in [-0.4, -0.2) is 67.5 Å². The maximum atomic E-state index is 3.96. The van der Waals surface area contributed by atoms with Crippen LogP contribution in [0.25, 0.3) is 6.08 Å². The van der Waals surface area contributed by atoms with Gasteiger partial charge in [0, 0.05) is 17.9 Å². The third-order valence-corrected chi connectivity index (χ3v) is 7.37. The van der Waals surface area contributed by atoms with E-state index in [-0.39, 0.29) is 5.54 Å². The Morgan fingerprint density at radius 2 is 1.50 bits per heavy atom. The Hall–Kier alpha value is -2.36. The number of hydrogen-bond donors (Lipinski definition) is 2. The fraction of sp³-hybridized carbons (Fsp3) is 0.583. The van der Waals surface area contributed by atoms with Gasteiger partial charge in [0.05, 0.1) is 11.2 Å². The Morgan fingerprint density at radius 3 is 2.17 bits per heavy atom. The van der Waals surface area contributed by atoms with Gasteiger partial charge in [0.1, 0.15) is 5.69 Å². The maximum Gasteiger partial charge on any atom is 0.107 e. The minimum atomic E-state index is 0.200.